The van der Waals surface area contributed by atoms with Crippen LogP contribution in [0.15, 0.2) is 62.4 Å². The zero-order chi connectivity index (χ0) is 27.4. The smallest absolute Gasteiger partial charge is 0.419 e. The summed E-state index contributed by atoms with van der Waals surface area (Å²) in [7, 11) is 3.29. The number of likely N-dealkylation sites (tertiary alicyclic amines) is 1. The molecule has 1 saturated heterocycles. The molecule has 38 heavy (non-hydrogen) atoms. The normalized spacial score (nSPS) is 16.7. The lowest BCUT2D eigenvalue weighted by Crippen LogP contribution is -2.23. The van der Waals surface area contributed by atoms with Crippen LogP contribution < -0.4 is 18.9 Å². The zero-order valence-electron chi connectivity index (χ0n) is 21.0. The fraction of sp³-hybridized carbons (Fsp3) is 0.308. The van der Waals surface area contributed by atoms with Crippen LogP contribution in [0.5, 0.6) is 17.2 Å². The molecule has 0 bridgehead atoms. The van der Waals surface area contributed by atoms with Crippen molar-refractivity contribution in [1.82, 2.24) is 4.90 Å². The van der Waals surface area contributed by atoms with Crippen molar-refractivity contribution in [3.05, 3.63) is 60.2 Å². The number of rotatable bonds is 10. The summed E-state index contributed by atoms with van der Waals surface area (Å²) in [5.41, 5.74) is 0.198. The SMILES string of the molecule is C=Cc1cc(S(=O)Nc2ccc(C(F)(F)F)c(O[C@@H]3CCN(C)C3)c2)sc1Sc1ccc(OC)c(OC)c1. The molecule has 1 unspecified atom stereocenters. The molecule has 0 aliphatic carbocycles. The van der Waals surface area contributed by atoms with Crippen molar-refractivity contribution in [2.45, 2.75) is 32.0 Å². The standard InChI is InChI=1S/C26H27F3N2O4S3/c1-5-16-12-24(37-25(16)36-19-7-9-21(33-3)23(14-19)34-4)38(32)30-17-6-8-20(26(27,28)29)22(13-17)35-18-10-11-31(2)15-18/h5-9,12-14,18,30H,1,10-11,15H2,2-4H3/t18-,38?/m1/s1. The maximum Gasteiger partial charge on any atom is 0.419 e. The van der Waals surface area contributed by atoms with Crippen molar-refractivity contribution >= 4 is 45.8 Å². The third kappa shape index (κ3) is 6.66. The number of nitrogens with zero attached hydrogens (tertiary/aromatic N) is 1. The number of halogens is 3. The van der Waals surface area contributed by atoms with Gasteiger partial charge in [-0.2, -0.15) is 13.2 Å². The minimum absolute atomic E-state index is 0.264. The van der Waals surface area contributed by atoms with Gasteiger partial charge in [-0.3, -0.25) is 0 Å². The topological polar surface area (TPSA) is 60.0 Å². The van der Waals surface area contributed by atoms with Crippen molar-refractivity contribution in [3.63, 3.8) is 0 Å². The molecule has 0 amide bonds. The van der Waals surface area contributed by atoms with E-state index in [1.165, 1.54) is 35.2 Å². The van der Waals surface area contributed by atoms with Gasteiger partial charge in [0.15, 0.2) is 22.5 Å². The van der Waals surface area contributed by atoms with Crippen LogP contribution in [0.25, 0.3) is 6.08 Å². The van der Waals surface area contributed by atoms with Crippen LogP contribution in [-0.2, 0) is 17.2 Å². The van der Waals surface area contributed by atoms with Crippen molar-refractivity contribution in [2.24, 2.45) is 0 Å². The molecule has 1 aliphatic heterocycles. The molecule has 1 fully saturated rings. The molecule has 2 atom stereocenters. The average Bonchev–Trinajstić information content (AvgIpc) is 3.48. The van der Waals surface area contributed by atoms with E-state index in [0.29, 0.717) is 28.7 Å². The van der Waals surface area contributed by atoms with Gasteiger partial charge in [-0.1, -0.05) is 24.4 Å². The van der Waals surface area contributed by atoms with Crippen molar-refractivity contribution in [2.75, 3.05) is 39.1 Å². The number of benzene rings is 2. The molecule has 1 N–H and O–H groups in total. The molecule has 0 radical (unpaired) electrons. The number of hydrogen-bond acceptors (Lipinski definition) is 7. The Bertz CT molecular complexity index is 1330. The molecule has 6 nitrogen and oxygen atoms in total. The monoisotopic (exact) mass is 584 g/mol. The molecule has 12 heteroatoms. The van der Waals surface area contributed by atoms with E-state index in [2.05, 4.69) is 11.3 Å². The Labute approximate surface area is 230 Å². The van der Waals surface area contributed by atoms with E-state index < -0.39 is 22.7 Å². The van der Waals surface area contributed by atoms with E-state index in [1.54, 1.807) is 32.4 Å². The Morgan fingerprint density at radius 2 is 1.89 bits per heavy atom. The second-order valence-electron chi connectivity index (χ2n) is 8.50. The van der Waals surface area contributed by atoms with Crippen molar-refractivity contribution < 1.29 is 31.6 Å². The Morgan fingerprint density at radius 1 is 1.13 bits per heavy atom. The molecule has 1 aromatic heterocycles. The second kappa shape index (κ2) is 12.0. The number of nitrogens with one attached hydrogen (secondary N) is 1. The highest BCUT2D eigenvalue weighted by atomic mass is 32.2. The third-order valence-electron chi connectivity index (χ3n) is 5.81. The van der Waals surface area contributed by atoms with E-state index >= 15 is 0 Å². The lowest BCUT2D eigenvalue weighted by Gasteiger charge is -2.19. The van der Waals surface area contributed by atoms with Gasteiger partial charge >= 0.3 is 6.18 Å². The fourth-order valence-corrected chi connectivity index (χ4v) is 7.55. The first-order chi connectivity index (χ1) is 18.1. The minimum Gasteiger partial charge on any atom is -0.493 e. The van der Waals surface area contributed by atoms with Gasteiger partial charge in [-0.25, -0.2) is 4.21 Å². The summed E-state index contributed by atoms with van der Waals surface area (Å²) in [4.78, 5) is 2.89. The highest BCUT2D eigenvalue weighted by Gasteiger charge is 2.36. The molecule has 0 spiro atoms. The molecule has 204 valence electrons. The molecule has 4 rings (SSSR count). The van der Waals surface area contributed by atoms with Gasteiger partial charge in [0.25, 0.3) is 0 Å². The minimum atomic E-state index is -4.57. The molecule has 1 aliphatic rings. The number of methoxy groups -OCH3 is 2. The summed E-state index contributed by atoms with van der Waals surface area (Å²) < 4.78 is 74.6. The molecule has 3 aromatic rings. The summed E-state index contributed by atoms with van der Waals surface area (Å²) in [6, 6.07) is 10.8. The van der Waals surface area contributed by atoms with Crippen LogP contribution in [-0.4, -0.2) is 49.6 Å². The first-order valence-electron chi connectivity index (χ1n) is 11.5. The maximum absolute atomic E-state index is 13.6. The fourth-order valence-electron chi connectivity index (χ4n) is 3.91. The number of ether oxygens (including phenoxy) is 3. The van der Waals surface area contributed by atoms with Crippen LogP contribution in [0.4, 0.5) is 18.9 Å². The van der Waals surface area contributed by atoms with Gasteiger partial charge < -0.3 is 23.8 Å². The second-order valence-corrected chi connectivity index (χ2v) is 12.3. The lowest BCUT2D eigenvalue weighted by atomic mass is 10.1. The van der Waals surface area contributed by atoms with Gasteiger partial charge in [0.05, 0.1) is 29.7 Å². The van der Waals surface area contributed by atoms with Crippen LogP contribution in [0.1, 0.15) is 17.5 Å². The summed E-state index contributed by atoms with van der Waals surface area (Å²) in [6.07, 6.45) is -2.61. The van der Waals surface area contributed by atoms with Crippen molar-refractivity contribution in [1.29, 1.82) is 0 Å². The molecule has 2 aromatic carbocycles. The number of anilines is 1. The largest absolute Gasteiger partial charge is 0.493 e. The van der Waals surface area contributed by atoms with Gasteiger partial charge in [0.2, 0.25) is 0 Å². The molecule has 0 saturated carbocycles. The van der Waals surface area contributed by atoms with Crippen molar-refractivity contribution in [3.8, 4) is 17.2 Å². The maximum atomic E-state index is 13.6. The average molecular weight is 585 g/mol. The Morgan fingerprint density at radius 3 is 2.53 bits per heavy atom. The molecule has 2 heterocycles. The van der Waals surface area contributed by atoms with Gasteiger partial charge in [-0.05, 0) is 55.4 Å². The van der Waals surface area contributed by atoms with Crippen LogP contribution in [0.3, 0.4) is 0 Å². The van der Waals surface area contributed by atoms with E-state index in [4.69, 9.17) is 14.2 Å². The highest BCUT2D eigenvalue weighted by molar-refractivity contribution is 8.01. The molecular weight excluding hydrogens is 557 g/mol. The number of thiophene rings is 1. The summed E-state index contributed by atoms with van der Waals surface area (Å²) in [5, 5.41) is 0. The summed E-state index contributed by atoms with van der Waals surface area (Å²) in [5.74, 6) is 0.921. The van der Waals surface area contributed by atoms with E-state index in [0.717, 1.165) is 27.3 Å². The summed E-state index contributed by atoms with van der Waals surface area (Å²) >= 11 is 2.77. The molecular formula is C26H27F3N2O4S3. The third-order valence-corrected chi connectivity index (χ3v) is 9.57. The summed E-state index contributed by atoms with van der Waals surface area (Å²) in [6.45, 7) is 5.15. The predicted octanol–water partition coefficient (Wildman–Crippen LogP) is 6.80. The van der Waals surface area contributed by atoms with Gasteiger partial charge in [0.1, 0.15) is 16.1 Å². The number of alkyl halides is 3. The van der Waals surface area contributed by atoms with Crippen LogP contribution >= 0.6 is 23.1 Å². The van der Waals surface area contributed by atoms with Crippen LogP contribution in [0.2, 0.25) is 0 Å². The first-order valence-corrected chi connectivity index (χ1v) is 14.3. The Balaban J connectivity index is 1.54. The van der Waals surface area contributed by atoms with E-state index in [-0.39, 0.29) is 17.5 Å². The number of likely N-dealkylation sites (N-methyl/N-ethyl adjacent to an activating group) is 1. The first kappa shape index (κ1) is 28.3. The quantitative estimate of drug-likeness (QED) is 0.283. The van der Waals surface area contributed by atoms with Gasteiger partial charge in [-0.15, -0.1) is 11.3 Å². The number of hydrogen-bond donors (Lipinski definition) is 1. The van der Waals surface area contributed by atoms with Crippen LogP contribution in [0, 0.1) is 0 Å². The lowest BCUT2D eigenvalue weighted by molar-refractivity contribution is -0.139. The van der Waals surface area contributed by atoms with Gasteiger partial charge in [0, 0.05) is 24.1 Å². The highest BCUT2D eigenvalue weighted by Crippen LogP contribution is 2.42. The Kier molecular flexibility index (Phi) is 8.96. The Hall–Kier alpha value is -2.67. The predicted molar refractivity (Wildman–Crippen MR) is 146 cm³/mol. The zero-order valence-corrected chi connectivity index (χ0v) is 23.4. The van der Waals surface area contributed by atoms with E-state index in [1.807, 2.05) is 24.1 Å². The van der Waals surface area contributed by atoms with E-state index in [9.17, 15) is 17.4 Å².